The van der Waals surface area contributed by atoms with Crippen molar-refractivity contribution >= 4 is 16.9 Å². The molecule has 0 radical (unpaired) electrons. The van der Waals surface area contributed by atoms with Crippen LogP contribution < -0.4 is 5.32 Å². The maximum absolute atomic E-state index is 4.37. The van der Waals surface area contributed by atoms with Gasteiger partial charge in [-0.25, -0.2) is 9.97 Å². The summed E-state index contributed by atoms with van der Waals surface area (Å²) in [5, 5.41) is 13.0. The van der Waals surface area contributed by atoms with Crippen LogP contribution in [0.2, 0.25) is 0 Å². The molecule has 7 nitrogen and oxygen atoms in total. The molecule has 1 N–H and O–H groups in total. The predicted molar refractivity (Wildman–Crippen MR) is 81.1 cm³/mol. The van der Waals surface area contributed by atoms with Crippen LogP contribution in [0, 0.1) is 6.92 Å². The van der Waals surface area contributed by atoms with Crippen molar-refractivity contribution in [3.05, 3.63) is 30.5 Å². The number of aryl methyl sites for hydroxylation is 2. The molecule has 7 heteroatoms. The largest absolute Gasteiger partial charge is 0.365 e. The van der Waals surface area contributed by atoms with Crippen molar-refractivity contribution in [2.75, 3.05) is 5.32 Å². The van der Waals surface area contributed by atoms with Gasteiger partial charge in [0, 0.05) is 19.3 Å². The molecule has 0 saturated heterocycles. The molecule has 0 spiro atoms. The van der Waals surface area contributed by atoms with Gasteiger partial charge in [-0.2, -0.15) is 10.2 Å². The van der Waals surface area contributed by atoms with E-state index in [9.17, 15) is 0 Å². The fraction of sp³-hybridized carbons (Fsp3) is 0.429. The van der Waals surface area contributed by atoms with E-state index < -0.39 is 0 Å². The van der Waals surface area contributed by atoms with Crippen LogP contribution in [0.3, 0.4) is 0 Å². The Morgan fingerprint density at radius 3 is 2.67 bits per heavy atom. The van der Waals surface area contributed by atoms with Crippen molar-refractivity contribution in [3.8, 4) is 0 Å². The third-order valence-electron chi connectivity index (χ3n) is 3.77. The molecule has 0 fully saturated rings. The highest BCUT2D eigenvalue weighted by Crippen LogP contribution is 2.21. The van der Waals surface area contributed by atoms with Gasteiger partial charge >= 0.3 is 0 Å². The average molecular weight is 285 g/mol. The fourth-order valence-electron chi connectivity index (χ4n) is 2.30. The lowest BCUT2D eigenvalue weighted by Gasteiger charge is -2.22. The standard InChI is InChI=1S/C14H19N7/c1-9-5-18-21(7-9)11(3)10(2)19-13-12-6-17-20(4)14(12)16-8-15-13/h5-8,10-11H,1-4H3,(H,15,16,19). The summed E-state index contributed by atoms with van der Waals surface area (Å²) < 4.78 is 3.71. The van der Waals surface area contributed by atoms with E-state index >= 15 is 0 Å². The minimum absolute atomic E-state index is 0.169. The van der Waals surface area contributed by atoms with Gasteiger partial charge in [0.25, 0.3) is 0 Å². The number of anilines is 1. The van der Waals surface area contributed by atoms with E-state index in [4.69, 9.17) is 0 Å². The van der Waals surface area contributed by atoms with Crippen LogP contribution in [0.15, 0.2) is 24.9 Å². The van der Waals surface area contributed by atoms with Gasteiger partial charge in [0.1, 0.15) is 12.1 Å². The van der Waals surface area contributed by atoms with E-state index in [1.165, 1.54) is 0 Å². The van der Waals surface area contributed by atoms with Gasteiger partial charge in [0.2, 0.25) is 0 Å². The summed E-state index contributed by atoms with van der Waals surface area (Å²) in [6, 6.07) is 0.378. The lowest BCUT2D eigenvalue weighted by Crippen LogP contribution is -2.27. The smallest absolute Gasteiger partial charge is 0.163 e. The first kappa shape index (κ1) is 13.5. The van der Waals surface area contributed by atoms with Gasteiger partial charge in [-0.15, -0.1) is 0 Å². The fourth-order valence-corrected chi connectivity index (χ4v) is 2.30. The van der Waals surface area contributed by atoms with Crippen LogP contribution in [0.4, 0.5) is 5.82 Å². The SMILES string of the molecule is Cc1cnn(C(C)C(C)Nc2ncnc3c2cnn3C)c1. The minimum atomic E-state index is 0.169. The van der Waals surface area contributed by atoms with E-state index in [0.717, 1.165) is 22.4 Å². The Kier molecular flexibility index (Phi) is 3.32. The number of fused-ring (bicyclic) bond motifs is 1. The quantitative estimate of drug-likeness (QED) is 0.793. The molecule has 3 aromatic rings. The first-order valence-corrected chi connectivity index (χ1v) is 6.96. The molecule has 3 aromatic heterocycles. The van der Waals surface area contributed by atoms with Crippen molar-refractivity contribution in [1.29, 1.82) is 0 Å². The molecule has 2 atom stereocenters. The minimum Gasteiger partial charge on any atom is -0.365 e. The monoisotopic (exact) mass is 285 g/mol. The average Bonchev–Trinajstić information content (AvgIpc) is 3.06. The highest BCUT2D eigenvalue weighted by molar-refractivity contribution is 5.86. The first-order chi connectivity index (χ1) is 10.1. The lowest BCUT2D eigenvalue weighted by atomic mass is 10.1. The third-order valence-corrected chi connectivity index (χ3v) is 3.77. The van der Waals surface area contributed by atoms with Crippen molar-refractivity contribution in [3.63, 3.8) is 0 Å². The molecule has 2 unspecified atom stereocenters. The van der Waals surface area contributed by atoms with Crippen molar-refractivity contribution < 1.29 is 0 Å². The maximum Gasteiger partial charge on any atom is 0.163 e. The van der Waals surface area contributed by atoms with Crippen LogP contribution in [-0.4, -0.2) is 35.6 Å². The van der Waals surface area contributed by atoms with Crippen LogP contribution in [0.1, 0.15) is 25.5 Å². The summed E-state index contributed by atoms with van der Waals surface area (Å²) in [5.41, 5.74) is 1.98. The second-order valence-electron chi connectivity index (χ2n) is 5.40. The van der Waals surface area contributed by atoms with E-state index in [1.807, 2.05) is 31.0 Å². The van der Waals surface area contributed by atoms with Crippen LogP contribution in [0.5, 0.6) is 0 Å². The first-order valence-electron chi connectivity index (χ1n) is 6.96. The van der Waals surface area contributed by atoms with Gasteiger partial charge in [-0.3, -0.25) is 9.36 Å². The summed E-state index contributed by atoms with van der Waals surface area (Å²) in [6.07, 6.45) is 7.25. The van der Waals surface area contributed by atoms with Crippen molar-refractivity contribution in [2.24, 2.45) is 7.05 Å². The Morgan fingerprint density at radius 1 is 1.14 bits per heavy atom. The van der Waals surface area contributed by atoms with E-state index in [-0.39, 0.29) is 12.1 Å². The molecule has 3 heterocycles. The molecule has 0 aliphatic heterocycles. The summed E-state index contributed by atoms with van der Waals surface area (Å²) >= 11 is 0. The molecule has 0 bridgehead atoms. The molecule has 0 aliphatic rings. The van der Waals surface area contributed by atoms with Crippen molar-refractivity contribution in [2.45, 2.75) is 32.9 Å². The molecular weight excluding hydrogens is 266 g/mol. The normalized spacial score (nSPS) is 14.3. The van der Waals surface area contributed by atoms with Crippen LogP contribution >= 0.6 is 0 Å². The second kappa shape index (κ2) is 5.16. The zero-order chi connectivity index (χ0) is 15.0. The summed E-state index contributed by atoms with van der Waals surface area (Å²) in [4.78, 5) is 8.58. The number of nitrogens with one attached hydrogen (secondary N) is 1. The summed E-state index contributed by atoms with van der Waals surface area (Å²) in [7, 11) is 1.87. The molecule has 3 rings (SSSR count). The van der Waals surface area contributed by atoms with Gasteiger partial charge < -0.3 is 5.32 Å². The van der Waals surface area contributed by atoms with Crippen molar-refractivity contribution in [1.82, 2.24) is 29.5 Å². The molecule has 0 aliphatic carbocycles. The van der Waals surface area contributed by atoms with Crippen LogP contribution in [0.25, 0.3) is 11.0 Å². The van der Waals surface area contributed by atoms with Gasteiger partial charge in [-0.05, 0) is 26.3 Å². The molecule has 0 saturated carbocycles. The van der Waals surface area contributed by atoms with Gasteiger partial charge in [0.15, 0.2) is 5.65 Å². The molecule has 110 valence electrons. The molecule has 21 heavy (non-hydrogen) atoms. The highest BCUT2D eigenvalue weighted by Gasteiger charge is 2.17. The van der Waals surface area contributed by atoms with Gasteiger partial charge in [-0.1, -0.05) is 0 Å². The van der Waals surface area contributed by atoms with E-state index in [2.05, 4.69) is 39.3 Å². The lowest BCUT2D eigenvalue weighted by molar-refractivity contribution is 0.443. The predicted octanol–water partition coefficient (Wildman–Crippen LogP) is 1.93. The third kappa shape index (κ3) is 2.46. The Hall–Kier alpha value is -2.44. The summed E-state index contributed by atoms with van der Waals surface area (Å²) in [6.45, 7) is 6.29. The summed E-state index contributed by atoms with van der Waals surface area (Å²) in [5.74, 6) is 0.802. The van der Waals surface area contributed by atoms with E-state index in [0.29, 0.717) is 0 Å². The zero-order valence-corrected chi connectivity index (χ0v) is 12.6. The Labute approximate surface area is 123 Å². The number of nitrogens with zero attached hydrogens (tertiary/aromatic N) is 6. The van der Waals surface area contributed by atoms with E-state index in [1.54, 1.807) is 17.2 Å². The molecule has 0 aromatic carbocycles. The highest BCUT2D eigenvalue weighted by atomic mass is 15.3. The van der Waals surface area contributed by atoms with Crippen LogP contribution in [-0.2, 0) is 7.05 Å². The number of aromatic nitrogens is 6. The number of hydrogen-bond acceptors (Lipinski definition) is 5. The molecule has 0 amide bonds. The Balaban J connectivity index is 1.84. The Morgan fingerprint density at radius 2 is 1.95 bits per heavy atom. The number of hydrogen-bond donors (Lipinski definition) is 1. The molecular formula is C14H19N7. The maximum atomic E-state index is 4.37. The number of rotatable bonds is 4. The Bertz CT molecular complexity index is 758. The second-order valence-corrected chi connectivity index (χ2v) is 5.40. The topological polar surface area (TPSA) is 73.5 Å². The van der Waals surface area contributed by atoms with Gasteiger partial charge in [0.05, 0.1) is 23.8 Å². The zero-order valence-electron chi connectivity index (χ0n) is 12.6.